The van der Waals surface area contributed by atoms with Gasteiger partial charge in [-0.25, -0.2) is 4.98 Å². The Morgan fingerprint density at radius 2 is 2.33 bits per heavy atom. The highest BCUT2D eigenvalue weighted by Gasteiger charge is 2.15. The van der Waals surface area contributed by atoms with Crippen molar-refractivity contribution in [1.82, 2.24) is 9.97 Å². The maximum Gasteiger partial charge on any atom is 0.218 e. The predicted octanol–water partition coefficient (Wildman–Crippen LogP) is 2.03. The molecule has 1 atom stereocenters. The number of ether oxygens (including phenoxy) is 2. The second-order valence-electron chi connectivity index (χ2n) is 4.41. The molecule has 0 aromatic carbocycles. The molecule has 0 spiro atoms. The minimum atomic E-state index is 0.205. The summed E-state index contributed by atoms with van der Waals surface area (Å²) in [6, 6.07) is 1.82. The molecule has 100 valence electrons. The van der Waals surface area contributed by atoms with Crippen LogP contribution >= 0.6 is 0 Å². The van der Waals surface area contributed by atoms with Crippen LogP contribution in [0.4, 0.5) is 5.82 Å². The summed E-state index contributed by atoms with van der Waals surface area (Å²) in [7, 11) is 1.84. The van der Waals surface area contributed by atoms with Gasteiger partial charge in [0, 0.05) is 26.1 Å². The second kappa shape index (κ2) is 6.54. The van der Waals surface area contributed by atoms with E-state index in [0.717, 1.165) is 37.5 Å². The highest BCUT2D eigenvalue weighted by atomic mass is 16.5. The Hall–Kier alpha value is -1.36. The van der Waals surface area contributed by atoms with Gasteiger partial charge in [0.25, 0.3) is 0 Å². The van der Waals surface area contributed by atoms with Crippen LogP contribution in [0.5, 0.6) is 5.88 Å². The summed E-state index contributed by atoms with van der Waals surface area (Å²) >= 11 is 0. The SMILES string of the molecule is CCc1nc(NC)cc(OCC2CCCCO2)n1. The number of aryl methyl sites for hydroxylation is 1. The Morgan fingerprint density at radius 1 is 1.44 bits per heavy atom. The van der Waals surface area contributed by atoms with Crippen molar-refractivity contribution in [2.24, 2.45) is 0 Å². The first-order chi connectivity index (χ1) is 8.81. The van der Waals surface area contributed by atoms with Gasteiger partial charge in [0.2, 0.25) is 5.88 Å². The molecule has 1 aromatic heterocycles. The molecule has 5 heteroatoms. The topological polar surface area (TPSA) is 56.3 Å². The molecular formula is C13H21N3O2. The molecule has 0 radical (unpaired) electrons. The van der Waals surface area contributed by atoms with E-state index in [0.29, 0.717) is 12.5 Å². The summed E-state index contributed by atoms with van der Waals surface area (Å²) in [6.07, 6.45) is 4.46. The van der Waals surface area contributed by atoms with E-state index in [-0.39, 0.29) is 6.10 Å². The van der Waals surface area contributed by atoms with Crippen molar-refractivity contribution in [1.29, 1.82) is 0 Å². The van der Waals surface area contributed by atoms with Gasteiger partial charge in [-0.1, -0.05) is 6.92 Å². The lowest BCUT2D eigenvalue weighted by Gasteiger charge is -2.22. The molecule has 2 heterocycles. The monoisotopic (exact) mass is 251 g/mol. The first kappa shape index (κ1) is 13.1. The lowest BCUT2D eigenvalue weighted by atomic mass is 10.1. The Labute approximate surface area is 108 Å². The van der Waals surface area contributed by atoms with Gasteiger partial charge < -0.3 is 14.8 Å². The van der Waals surface area contributed by atoms with Gasteiger partial charge in [-0.2, -0.15) is 4.98 Å². The number of nitrogens with one attached hydrogen (secondary N) is 1. The summed E-state index contributed by atoms with van der Waals surface area (Å²) in [5.74, 6) is 2.21. The van der Waals surface area contributed by atoms with Crippen LogP contribution in [-0.4, -0.2) is 36.3 Å². The minimum Gasteiger partial charge on any atom is -0.475 e. The largest absolute Gasteiger partial charge is 0.475 e. The fourth-order valence-electron chi connectivity index (χ4n) is 1.95. The quantitative estimate of drug-likeness (QED) is 0.867. The highest BCUT2D eigenvalue weighted by Crippen LogP contribution is 2.17. The standard InChI is InChI=1S/C13H21N3O2/c1-3-11-15-12(14-2)8-13(16-11)18-9-10-6-4-5-7-17-10/h8,10H,3-7,9H2,1-2H3,(H,14,15,16). The third kappa shape index (κ3) is 3.57. The fourth-order valence-corrected chi connectivity index (χ4v) is 1.95. The zero-order chi connectivity index (χ0) is 12.8. The first-order valence-electron chi connectivity index (χ1n) is 6.62. The molecule has 1 fully saturated rings. The van der Waals surface area contributed by atoms with E-state index in [4.69, 9.17) is 9.47 Å². The average molecular weight is 251 g/mol. The molecule has 1 aromatic rings. The Bertz CT molecular complexity index is 356. The summed E-state index contributed by atoms with van der Waals surface area (Å²) in [5.41, 5.74) is 0. The molecule has 0 amide bonds. The summed E-state index contributed by atoms with van der Waals surface area (Å²) in [5, 5.41) is 3.02. The van der Waals surface area contributed by atoms with Crippen LogP contribution in [0.15, 0.2) is 6.07 Å². The molecule has 1 aliphatic rings. The number of anilines is 1. The summed E-state index contributed by atoms with van der Waals surface area (Å²) in [4.78, 5) is 8.69. The smallest absolute Gasteiger partial charge is 0.218 e. The van der Waals surface area contributed by atoms with Crippen LogP contribution in [0.3, 0.4) is 0 Å². The van der Waals surface area contributed by atoms with Crippen molar-refractivity contribution in [2.45, 2.75) is 38.7 Å². The Morgan fingerprint density at radius 3 is 3.00 bits per heavy atom. The number of rotatable bonds is 5. The molecule has 0 bridgehead atoms. The maximum absolute atomic E-state index is 5.71. The van der Waals surface area contributed by atoms with Gasteiger partial charge in [0.05, 0.1) is 6.10 Å². The molecule has 2 rings (SSSR count). The van der Waals surface area contributed by atoms with Gasteiger partial charge in [-0.05, 0) is 19.3 Å². The van der Waals surface area contributed by atoms with Crippen molar-refractivity contribution >= 4 is 5.82 Å². The third-order valence-electron chi connectivity index (χ3n) is 3.01. The molecule has 0 saturated carbocycles. The molecule has 5 nitrogen and oxygen atoms in total. The summed E-state index contributed by atoms with van der Waals surface area (Å²) < 4.78 is 11.3. The number of hydrogen-bond acceptors (Lipinski definition) is 5. The zero-order valence-corrected chi connectivity index (χ0v) is 11.1. The molecule has 0 aliphatic carbocycles. The van der Waals surface area contributed by atoms with E-state index in [1.54, 1.807) is 0 Å². The number of hydrogen-bond donors (Lipinski definition) is 1. The fraction of sp³-hybridized carbons (Fsp3) is 0.692. The van der Waals surface area contributed by atoms with Gasteiger partial charge >= 0.3 is 0 Å². The Balaban J connectivity index is 1.94. The second-order valence-corrected chi connectivity index (χ2v) is 4.41. The van der Waals surface area contributed by atoms with E-state index in [1.165, 1.54) is 6.42 Å². The molecule has 1 aliphatic heterocycles. The zero-order valence-electron chi connectivity index (χ0n) is 11.1. The van der Waals surface area contributed by atoms with Crippen LogP contribution in [0.2, 0.25) is 0 Å². The van der Waals surface area contributed by atoms with Crippen molar-refractivity contribution in [3.05, 3.63) is 11.9 Å². The molecule has 1 N–H and O–H groups in total. The van der Waals surface area contributed by atoms with Crippen LogP contribution in [-0.2, 0) is 11.2 Å². The number of aromatic nitrogens is 2. The third-order valence-corrected chi connectivity index (χ3v) is 3.01. The molecule has 1 saturated heterocycles. The highest BCUT2D eigenvalue weighted by molar-refractivity contribution is 5.37. The number of nitrogens with zero attached hydrogens (tertiary/aromatic N) is 2. The van der Waals surface area contributed by atoms with Crippen LogP contribution in [0.1, 0.15) is 32.0 Å². The van der Waals surface area contributed by atoms with Gasteiger partial charge in [0.1, 0.15) is 18.2 Å². The van der Waals surface area contributed by atoms with Crippen molar-refractivity contribution < 1.29 is 9.47 Å². The first-order valence-corrected chi connectivity index (χ1v) is 6.62. The van der Waals surface area contributed by atoms with Crippen LogP contribution in [0, 0.1) is 0 Å². The minimum absolute atomic E-state index is 0.205. The Kier molecular flexibility index (Phi) is 4.75. The molecule has 18 heavy (non-hydrogen) atoms. The maximum atomic E-state index is 5.71. The van der Waals surface area contributed by atoms with E-state index in [1.807, 2.05) is 20.0 Å². The average Bonchev–Trinajstić information content (AvgIpc) is 2.45. The van der Waals surface area contributed by atoms with Crippen molar-refractivity contribution in [3.8, 4) is 5.88 Å². The lowest BCUT2D eigenvalue weighted by Crippen LogP contribution is -2.26. The van der Waals surface area contributed by atoms with E-state index < -0.39 is 0 Å². The lowest BCUT2D eigenvalue weighted by molar-refractivity contribution is -0.0119. The molecular weight excluding hydrogens is 230 g/mol. The van der Waals surface area contributed by atoms with E-state index >= 15 is 0 Å². The van der Waals surface area contributed by atoms with Gasteiger partial charge in [-0.3, -0.25) is 0 Å². The molecule has 1 unspecified atom stereocenters. The van der Waals surface area contributed by atoms with Crippen molar-refractivity contribution in [3.63, 3.8) is 0 Å². The van der Waals surface area contributed by atoms with Gasteiger partial charge in [0.15, 0.2) is 0 Å². The van der Waals surface area contributed by atoms with Crippen LogP contribution in [0.25, 0.3) is 0 Å². The van der Waals surface area contributed by atoms with E-state index in [9.17, 15) is 0 Å². The normalized spacial score (nSPS) is 19.6. The van der Waals surface area contributed by atoms with E-state index in [2.05, 4.69) is 15.3 Å². The predicted molar refractivity (Wildman–Crippen MR) is 70.0 cm³/mol. The summed E-state index contributed by atoms with van der Waals surface area (Å²) in [6.45, 7) is 3.45. The van der Waals surface area contributed by atoms with Gasteiger partial charge in [-0.15, -0.1) is 0 Å². The van der Waals surface area contributed by atoms with Crippen molar-refractivity contribution in [2.75, 3.05) is 25.6 Å². The van der Waals surface area contributed by atoms with Crippen LogP contribution < -0.4 is 10.1 Å².